The topological polar surface area (TPSA) is 70.4 Å². The van der Waals surface area contributed by atoms with Gasteiger partial charge in [-0.25, -0.2) is 5.84 Å². The van der Waals surface area contributed by atoms with E-state index in [1.54, 1.807) is 5.01 Å². The van der Waals surface area contributed by atoms with Crippen molar-refractivity contribution in [2.24, 2.45) is 17.2 Å². The van der Waals surface area contributed by atoms with Gasteiger partial charge in [0.25, 0.3) is 0 Å². The highest BCUT2D eigenvalue weighted by molar-refractivity contribution is 5.82. The van der Waals surface area contributed by atoms with Crippen molar-refractivity contribution in [2.45, 2.75) is 130 Å². The van der Waals surface area contributed by atoms with Crippen molar-refractivity contribution >= 4 is 5.91 Å². The summed E-state index contributed by atoms with van der Waals surface area (Å²) in [7, 11) is 0. The minimum absolute atomic E-state index is 0.0152. The van der Waals surface area contributed by atoms with Crippen molar-refractivity contribution in [2.75, 3.05) is 0 Å². The summed E-state index contributed by atoms with van der Waals surface area (Å²) in [5, 5.41) is 9.05. The van der Waals surface area contributed by atoms with Gasteiger partial charge in [-0.2, -0.15) is 0 Å². The van der Waals surface area contributed by atoms with Crippen molar-refractivity contribution in [3.63, 3.8) is 0 Å². The van der Waals surface area contributed by atoms with Crippen LogP contribution in [0.3, 0.4) is 0 Å². The van der Waals surface area contributed by atoms with Crippen LogP contribution in [0.15, 0.2) is 0 Å². The maximum Gasteiger partial charge on any atom is 0.242 e. The molecule has 2 heterocycles. The molecule has 0 aromatic carbocycles. The third-order valence-corrected chi connectivity index (χ3v) is 7.11. The first-order valence-electron chi connectivity index (χ1n) is 11.1. The summed E-state index contributed by atoms with van der Waals surface area (Å²) in [5.74, 6) is 7.01. The van der Waals surface area contributed by atoms with E-state index in [0.29, 0.717) is 5.92 Å². The summed E-state index contributed by atoms with van der Waals surface area (Å²) in [4.78, 5) is 13.8. The molecule has 28 heavy (non-hydrogen) atoms. The number of carbonyl (C=O) groups excluding carboxylic acids is 1. The van der Waals surface area contributed by atoms with Crippen LogP contribution < -0.4 is 16.5 Å². The van der Waals surface area contributed by atoms with Gasteiger partial charge in [0.1, 0.15) is 0 Å². The van der Waals surface area contributed by atoms with E-state index in [9.17, 15) is 4.79 Å². The van der Waals surface area contributed by atoms with Gasteiger partial charge in [-0.1, -0.05) is 13.8 Å². The first kappa shape index (κ1) is 23.6. The van der Waals surface area contributed by atoms with Gasteiger partial charge in [0.05, 0.1) is 11.5 Å². The van der Waals surface area contributed by atoms with Crippen LogP contribution in [0.4, 0.5) is 0 Å². The number of piperidine rings is 2. The molecule has 2 fully saturated rings. The number of hydrogen-bond donors (Lipinski definition) is 3. The molecule has 0 aromatic heterocycles. The molecular formula is C23H46N4O. The SMILES string of the molecule is CCC(C)(C(=O)N(N)C1CC(C)(C)NC(C)(C)C1)C1CC(C)(C)NC(C)(C)C1. The van der Waals surface area contributed by atoms with Crippen LogP contribution in [0.25, 0.3) is 0 Å². The summed E-state index contributed by atoms with van der Waals surface area (Å²) in [6.45, 7) is 22.1. The summed E-state index contributed by atoms with van der Waals surface area (Å²) in [5.41, 5.74) is -0.482. The summed E-state index contributed by atoms with van der Waals surface area (Å²) in [6, 6.07) is 0.0624. The Hall–Kier alpha value is -0.650. The smallest absolute Gasteiger partial charge is 0.242 e. The van der Waals surface area contributed by atoms with Crippen LogP contribution in [0.5, 0.6) is 0 Å². The van der Waals surface area contributed by atoms with Crippen molar-refractivity contribution in [1.82, 2.24) is 15.6 Å². The summed E-state index contributed by atoms with van der Waals surface area (Å²) >= 11 is 0. The molecule has 1 amide bonds. The van der Waals surface area contributed by atoms with E-state index in [-0.39, 0.29) is 34.1 Å². The van der Waals surface area contributed by atoms with Gasteiger partial charge < -0.3 is 10.6 Å². The van der Waals surface area contributed by atoms with Crippen molar-refractivity contribution in [3.05, 3.63) is 0 Å². The number of hydrazine groups is 1. The standard InChI is InChI=1S/C23H46N4O/c1-11-23(10,16-12-19(2,3)25-20(4,5)13-16)18(28)27(24)17-14-21(6,7)26-22(8,9)15-17/h16-17,25-26H,11-15,24H2,1-10H3. The molecule has 5 heteroatoms. The Morgan fingerprint density at radius 3 is 1.61 bits per heavy atom. The maximum absolute atomic E-state index is 13.8. The minimum atomic E-state index is -0.440. The zero-order valence-electron chi connectivity index (χ0n) is 20.1. The van der Waals surface area contributed by atoms with Gasteiger partial charge in [0.15, 0.2) is 0 Å². The molecule has 0 spiro atoms. The van der Waals surface area contributed by atoms with Gasteiger partial charge in [-0.15, -0.1) is 0 Å². The first-order chi connectivity index (χ1) is 12.4. The fourth-order valence-electron chi connectivity index (χ4n) is 6.31. The number of rotatable bonds is 4. The molecule has 0 aromatic rings. The van der Waals surface area contributed by atoms with Crippen LogP contribution in [0, 0.1) is 11.3 Å². The fourth-order valence-corrected chi connectivity index (χ4v) is 6.31. The fraction of sp³-hybridized carbons (Fsp3) is 0.957. The monoisotopic (exact) mass is 394 g/mol. The minimum Gasteiger partial charge on any atom is -0.307 e. The second-order valence-corrected chi connectivity index (χ2v) is 12.4. The molecule has 164 valence electrons. The van der Waals surface area contributed by atoms with Gasteiger partial charge in [-0.05, 0) is 93.4 Å². The normalized spacial score (nSPS) is 29.1. The van der Waals surface area contributed by atoms with Crippen LogP contribution in [-0.4, -0.2) is 39.1 Å². The van der Waals surface area contributed by atoms with E-state index < -0.39 is 5.41 Å². The summed E-state index contributed by atoms with van der Waals surface area (Å²) < 4.78 is 0. The van der Waals surface area contributed by atoms with Crippen molar-refractivity contribution < 1.29 is 4.79 Å². The Balaban J connectivity index is 2.28. The number of amides is 1. The van der Waals surface area contributed by atoms with Crippen LogP contribution in [0.2, 0.25) is 0 Å². The molecular weight excluding hydrogens is 348 g/mol. The number of nitrogens with zero attached hydrogens (tertiary/aromatic N) is 1. The van der Waals surface area contributed by atoms with Gasteiger partial charge in [0, 0.05) is 22.2 Å². The molecule has 0 saturated carbocycles. The Bertz CT molecular complexity index is 563. The average molecular weight is 395 g/mol. The molecule has 2 saturated heterocycles. The lowest BCUT2D eigenvalue weighted by Gasteiger charge is -2.53. The summed E-state index contributed by atoms with van der Waals surface area (Å²) in [6.07, 6.45) is 4.55. The third-order valence-electron chi connectivity index (χ3n) is 7.11. The molecule has 5 nitrogen and oxygen atoms in total. The average Bonchev–Trinajstić information content (AvgIpc) is 2.46. The predicted octanol–water partition coefficient (Wildman–Crippen LogP) is 3.97. The lowest BCUT2D eigenvalue weighted by Crippen LogP contribution is -2.66. The second kappa shape index (κ2) is 7.24. The largest absolute Gasteiger partial charge is 0.307 e. The Kier molecular flexibility index (Phi) is 6.11. The lowest BCUT2D eigenvalue weighted by molar-refractivity contribution is -0.152. The highest BCUT2D eigenvalue weighted by Crippen LogP contribution is 2.46. The van der Waals surface area contributed by atoms with Gasteiger partial charge in [0.2, 0.25) is 5.91 Å². The van der Waals surface area contributed by atoms with E-state index >= 15 is 0 Å². The first-order valence-corrected chi connectivity index (χ1v) is 11.1. The number of hydrogen-bond acceptors (Lipinski definition) is 4. The highest BCUT2D eigenvalue weighted by Gasteiger charge is 2.51. The Morgan fingerprint density at radius 2 is 1.25 bits per heavy atom. The van der Waals surface area contributed by atoms with Crippen LogP contribution in [0.1, 0.15) is 101 Å². The number of carbonyl (C=O) groups is 1. The van der Waals surface area contributed by atoms with Crippen LogP contribution in [-0.2, 0) is 4.79 Å². The van der Waals surface area contributed by atoms with E-state index in [4.69, 9.17) is 5.84 Å². The molecule has 1 atom stereocenters. The molecule has 1 unspecified atom stereocenters. The third kappa shape index (κ3) is 5.09. The van der Waals surface area contributed by atoms with E-state index in [1.807, 2.05) is 0 Å². The molecule has 2 aliphatic heterocycles. The van der Waals surface area contributed by atoms with Gasteiger partial charge >= 0.3 is 0 Å². The molecule has 4 N–H and O–H groups in total. The molecule has 0 bridgehead atoms. The zero-order valence-corrected chi connectivity index (χ0v) is 20.1. The molecule has 0 radical (unpaired) electrons. The lowest BCUT2D eigenvalue weighted by atomic mass is 9.62. The van der Waals surface area contributed by atoms with E-state index in [2.05, 4.69) is 79.9 Å². The molecule has 0 aliphatic carbocycles. The van der Waals surface area contributed by atoms with E-state index in [0.717, 1.165) is 32.1 Å². The van der Waals surface area contributed by atoms with E-state index in [1.165, 1.54) is 0 Å². The van der Waals surface area contributed by atoms with Crippen molar-refractivity contribution in [3.8, 4) is 0 Å². The second-order valence-electron chi connectivity index (χ2n) is 12.4. The predicted molar refractivity (Wildman–Crippen MR) is 118 cm³/mol. The maximum atomic E-state index is 13.8. The molecule has 2 aliphatic rings. The quantitative estimate of drug-likeness (QED) is 0.383. The zero-order chi connectivity index (χ0) is 21.8. The number of nitrogens with one attached hydrogen (secondary N) is 2. The van der Waals surface area contributed by atoms with Crippen molar-refractivity contribution in [1.29, 1.82) is 0 Å². The van der Waals surface area contributed by atoms with Gasteiger partial charge in [-0.3, -0.25) is 9.80 Å². The molecule has 2 rings (SSSR count). The Morgan fingerprint density at radius 1 is 0.893 bits per heavy atom. The Labute approximate surface area is 173 Å². The van der Waals surface area contributed by atoms with Crippen LogP contribution >= 0.6 is 0 Å². The number of nitrogens with two attached hydrogens (primary N) is 1. The highest BCUT2D eigenvalue weighted by atomic mass is 16.2.